The molecule has 6 heteroatoms. The van der Waals surface area contributed by atoms with E-state index < -0.39 is 0 Å². The van der Waals surface area contributed by atoms with Gasteiger partial charge in [0.15, 0.2) is 11.5 Å². The van der Waals surface area contributed by atoms with Crippen LogP contribution in [0.4, 0.5) is 5.69 Å². The van der Waals surface area contributed by atoms with Crippen molar-refractivity contribution in [3.63, 3.8) is 0 Å². The summed E-state index contributed by atoms with van der Waals surface area (Å²) in [4.78, 5) is 27.2. The lowest BCUT2D eigenvalue weighted by Crippen LogP contribution is -2.36. The number of likely N-dealkylation sites (tertiary alicyclic amines) is 1. The highest BCUT2D eigenvalue weighted by atomic mass is 16.7. The molecule has 4 rings (SSSR count). The molecule has 1 fully saturated rings. The highest BCUT2D eigenvalue weighted by Gasteiger charge is 2.21. The van der Waals surface area contributed by atoms with E-state index in [0.717, 1.165) is 43.0 Å². The molecule has 2 heterocycles. The SMILES string of the molecule is O=C(CCc1ccc2c(c1)OCO2)Nc1ccccc1C(=O)N1CCCCC1. The summed E-state index contributed by atoms with van der Waals surface area (Å²) in [6.45, 7) is 1.80. The van der Waals surface area contributed by atoms with Gasteiger partial charge < -0.3 is 19.7 Å². The molecule has 2 aromatic carbocycles. The number of carbonyl (C=O) groups is 2. The molecule has 2 aliphatic rings. The first-order valence-electron chi connectivity index (χ1n) is 9.77. The zero-order valence-corrected chi connectivity index (χ0v) is 15.8. The van der Waals surface area contributed by atoms with E-state index in [-0.39, 0.29) is 18.6 Å². The number of fused-ring (bicyclic) bond motifs is 1. The number of amides is 2. The molecule has 1 saturated heterocycles. The third-order valence-electron chi connectivity index (χ3n) is 5.15. The number of piperidine rings is 1. The van der Waals surface area contributed by atoms with Crippen LogP contribution in [0, 0.1) is 0 Å². The van der Waals surface area contributed by atoms with Crippen LogP contribution in [0.3, 0.4) is 0 Å². The lowest BCUT2D eigenvalue weighted by Gasteiger charge is -2.27. The van der Waals surface area contributed by atoms with E-state index in [1.807, 2.05) is 35.2 Å². The number of nitrogens with zero attached hydrogens (tertiary/aromatic N) is 1. The summed E-state index contributed by atoms with van der Waals surface area (Å²) in [6.07, 6.45) is 4.16. The Labute approximate surface area is 164 Å². The average Bonchev–Trinajstić information content (AvgIpc) is 3.21. The van der Waals surface area contributed by atoms with Crippen molar-refractivity contribution in [1.29, 1.82) is 0 Å². The van der Waals surface area contributed by atoms with Gasteiger partial charge in [-0.15, -0.1) is 0 Å². The van der Waals surface area contributed by atoms with Crippen molar-refractivity contribution >= 4 is 17.5 Å². The Kier molecular flexibility index (Phi) is 5.46. The summed E-state index contributed by atoms with van der Waals surface area (Å²) in [5.41, 5.74) is 2.15. The van der Waals surface area contributed by atoms with Crippen molar-refractivity contribution in [1.82, 2.24) is 4.90 Å². The van der Waals surface area contributed by atoms with Crippen LogP contribution in [0.2, 0.25) is 0 Å². The number of benzene rings is 2. The Hall–Kier alpha value is -3.02. The molecule has 0 aromatic heterocycles. The molecular weight excluding hydrogens is 356 g/mol. The number of rotatable bonds is 5. The van der Waals surface area contributed by atoms with Gasteiger partial charge in [-0.3, -0.25) is 9.59 Å². The number of carbonyl (C=O) groups excluding carboxylic acids is 2. The van der Waals surface area contributed by atoms with E-state index in [1.165, 1.54) is 6.42 Å². The van der Waals surface area contributed by atoms with Gasteiger partial charge in [0.05, 0.1) is 11.3 Å². The number of hydrogen-bond donors (Lipinski definition) is 1. The molecule has 2 aliphatic heterocycles. The first-order valence-corrected chi connectivity index (χ1v) is 9.77. The zero-order chi connectivity index (χ0) is 19.3. The zero-order valence-electron chi connectivity index (χ0n) is 15.8. The fourth-order valence-corrected chi connectivity index (χ4v) is 3.61. The van der Waals surface area contributed by atoms with E-state index >= 15 is 0 Å². The van der Waals surface area contributed by atoms with Gasteiger partial charge >= 0.3 is 0 Å². The van der Waals surface area contributed by atoms with E-state index in [9.17, 15) is 9.59 Å². The second-order valence-corrected chi connectivity index (χ2v) is 7.13. The van der Waals surface area contributed by atoms with Crippen molar-refractivity contribution in [2.75, 3.05) is 25.2 Å². The van der Waals surface area contributed by atoms with Crippen LogP contribution in [0.5, 0.6) is 11.5 Å². The Bertz CT molecular complexity index is 875. The van der Waals surface area contributed by atoms with Crippen molar-refractivity contribution in [2.45, 2.75) is 32.1 Å². The number of hydrogen-bond acceptors (Lipinski definition) is 4. The maximum absolute atomic E-state index is 12.8. The van der Waals surface area contributed by atoms with Crippen LogP contribution in [0.15, 0.2) is 42.5 Å². The normalized spacial score (nSPS) is 15.4. The smallest absolute Gasteiger partial charge is 0.255 e. The summed E-state index contributed by atoms with van der Waals surface area (Å²) in [5.74, 6) is 1.33. The fraction of sp³-hybridized carbons (Fsp3) is 0.364. The second-order valence-electron chi connectivity index (χ2n) is 7.13. The van der Waals surface area contributed by atoms with Crippen molar-refractivity contribution < 1.29 is 19.1 Å². The summed E-state index contributed by atoms with van der Waals surface area (Å²) in [6, 6.07) is 12.9. The molecule has 0 radical (unpaired) electrons. The van der Waals surface area contributed by atoms with Gasteiger partial charge in [0.1, 0.15) is 0 Å². The highest BCUT2D eigenvalue weighted by molar-refractivity contribution is 6.03. The minimum atomic E-state index is -0.114. The first kappa shape index (κ1) is 18.3. The topological polar surface area (TPSA) is 67.9 Å². The van der Waals surface area contributed by atoms with Crippen LogP contribution in [0.1, 0.15) is 41.6 Å². The Morgan fingerprint density at radius 1 is 0.964 bits per heavy atom. The predicted octanol–water partition coefficient (Wildman–Crippen LogP) is 3.61. The molecule has 0 spiro atoms. The largest absolute Gasteiger partial charge is 0.454 e. The van der Waals surface area contributed by atoms with E-state index in [0.29, 0.717) is 24.1 Å². The number of ether oxygens (including phenoxy) is 2. The molecule has 0 unspecified atom stereocenters. The van der Waals surface area contributed by atoms with Crippen LogP contribution in [-0.4, -0.2) is 36.6 Å². The average molecular weight is 380 g/mol. The minimum Gasteiger partial charge on any atom is -0.454 e. The number of nitrogens with one attached hydrogen (secondary N) is 1. The molecule has 146 valence electrons. The van der Waals surface area contributed by atoms with Gasteiger partial charge in [0.25, 0.3) is 5.91 Å². The highest BCUT2D eigenvalue weighted by Crippen LogP contribution is 2.32. The summed E-state index contributed by atoms with van der Waals surface area (Å²) in [7, 11) is 0. The summed E-state index contributed by atoms with van der Waals surface area (Å²) >= 11 is 0. The predicted molar refractivity (Wildman–Crippen MR) is 106 cm³/mol. The van der Waals surface area contributed by atoms with Gasteiger partial charge in [-0.05, 0) is 55.5 Å². The Morgan fingerprint density at radius 3 is 2.61 bits per heavy atom. The molecule has 28 heavy (non-hydrogen) atoms. The third-order valence-corrected chi connectivity index (χ3v) is 5.15. The van der Waals surface area contributed by atoms with Gasteiger partial charge in [0, 0.05) is 19.5 Å². The van der Waals surface area contributed by atoms with Crippen molar-refractivity contribution in [3.05, 3.63) is 53.6 Å². The molecule has 6 nitrogen and oxygen atoms in total. The maximum Gasteiger partial charge on any atom is 0.255 e. The maximum atomic E-state index is 12.8. The number of anilines is 1. The minimum absolute atomic E-state index is 0.00799. The van der Waals surface area contributed by atoms with Crippen LogP contribution < -0.4 is 14.8 Å². The van der Waals surface area contributed by atoms with Gasteiger partial charge in [-0.25, -0.2) is 0 Å². The molecule has 2 amide bonds. The standard InChI is InChI=1S/C22H24N2O4/c25-21(11-9-16-8-10-19-20(14-16)28-15-27-19)23-18-7-3-2-6-17(18)22(26)24-12-4-1-5-13-24/h2-3,6-8,10,14H,1,4-5,9,11-13,15H2,(H,23,25). The summed E-state index contributed by atoms with van der Waals surface area (Å²) < 4.78 is 10.7. The first-order chi connectivity index (χ1) is 13.7. The molecule has 0 bridgehead atoms. The third kappa shape index (κ3) is 4.11. The lowest BCUT2D eigenvalue weighted by molar-refractivity contribution is -0.116. The molecule has 1 N–H and O–H groups in total. The Balaban J connectivity index is 1.38. The quantitative estimate of drug-likeness (QED) is 0.860. The molecule has 2 aromatic rings. The molecule has 0 saturated carbocycles. The van der Waals surface area contributed by atoms with Gasteiger partial charge in [-0.1, -0.05) is 18.2 Å². The number of para-hydroxylation sites is 1. The van der Waals surface area contributed by atoms with Gasteiger partial charge in [0.2, 0.25) is 12.7 Å². The number of aryl methyl sites for hydroxylation is 1. The molecule has 0 aliphatic carbocycles. The fourth-order valence-electron chi connectivity index (χ4n) is 3.61. The second kappa shape index (κ2) is 8.33. The van der Waals surface area contributed by atoms with Crippen LogP contribution in [-0.2, 0) is 11.2 Å². The Morgan fingerprint density at radius 2 is 1.75 bits per heavy atom. The van der Waals surface area contributed by atoms with E-state index in [2.05, 4.69) is 5.32 Å². The van der Waals surface area contributed by atoms with Crippen molar-refractivity contribution in [3.8, 4) is 11.5 Å². The lowest BCUT2D eigenvalue weighted by atomic mass is 10.1. The summed E-state index contributed by atoms with van der Waals surface area (Å²) in [5, 5.41) is 2.91. The van der Waals surface area contributed by atoms with E-state index in [1.54, 1.807) is 12.1 Å². The molecule has 0 atom stereocenters. The molecular formula is C22H24N2O4. The van der Waals surface area contributed by atoms with E-state index in [4.69, 9.17) is 9.47 Å². The van der Waals surface area contributed by atoms with Crippen LogP contribution in [0.25, 0.3) is 0 Å². The van der Waals surface area contributed by atoms with Crippen LogP contribution >= 0.6 is 0 Å². The van der Waals surface area contributed by atoms with Crippen molar-refractivity contribution in [2.24, 2.45) is 0 Å². The monoisotopic (exact) mass is 380 g/mol. The van der Waals surface area contributed by atoms with Gasteiger partial charge in [-0.2, -0.15) is 0 Å².